The number of aryl methyl sites for hydroxylation is 1. The number of hydrogen-bond acceptors (Lipinski definition) is 6. The van der Waals surface area contributed by atoms with Gasteiger partial charge in [0.15, 0.2) is 6.23 Å². The molecule has 112 valence electrons. The summed E-state index contributed by atoms with van der Waals surface area (Å²) in [6.07, 6.45) is -3.27. The second kappa shape index (κ2) is 5.49. The van der Waals surface area contributed by atoms with Gasteiger partial charge in [0, 0.05) is 18.9 Å². The number of aromatic nitrogens is 2. The number of aliphatic hydroxyl groups excluding tert-OH is 2. The van der Waals surface area contributed by atoms with Crippen molar-refractivity contribution in [3.63, 3.8) is 0 Å². The first kappa shape index (κ1) is 14.9. The van der Waals surface area contributed by atoms with Crippen LogP contribution >= 0.6 is 0 Å². The van der Waals surface area contributed by atoms with E-state index in [2.05, 4.69) is 4.98 Å². The zero-order valence-electron chi connectivity index (χ0n) is 11.4. The number of aromatic amines is 1. The van der Waals surface area contributed by atoms with Gasteiger partial charge in [-0.15, -0.1) is 0 Å². The minimum Gasteiger partial charge on any atom is -0.391 e. The van der Waals surface area contributed by atoms with Gasteiger partial charge in [-0.2, -0.15) is 0 Å². The summed E-state index contributed by atoms with van der Waals surface area (Å²) in [5, 5.41) is 19.7. The van der Waals surface area contributed by atoms with E-state index in [1.807, 2.05) is 0 Å². The van der Waals surface area contributed by atoms with Crippen molar-refractivity contribution in [2.45, 2.75) is 44.5 Å². The average Bonchev–Trinajstić information content (AvgIpc) is 2.70. The number of hydrogen-bond donors (Lipinski definition) is 3. The lowest BCUT2D eigenvalue weighted by Crippen LogP contribution is -2.40. The molecule has 1 fully saturated rings. The number of H-pyrrole nitrogens is 1. The van der Waals surface area contributed by atoms with Gasteiger partial charge in [0.05, 0.1) is 6.10 Å². The van der Waals surface area contributed by atoms with Gasteiger partial charge in [-0.1, -0.05) is 0 Å². The minimum absolute atomic E-state index is 0.332. The Bertz CT molecular complexity index is 592. The molecular weight excluding hydrogens is 268 g/mol. The van der Waals surface area contributed by atoms with Crippen molar-refractivity contribution in [1.29, 1.82) is 0 Å². The Morgan fingerprint density at radius 3 is 2.70 bits per heavy atom. The third kappa shape index (κ3) is 2.42. The molecule has 5 atom stereocenters. The number of nitrogens with zero attached hydrogens (tertiary/aromatic N) is 1. The summed E-state index contributed by atoms with van der Waals surface area (Å²) in [6.45, 7) is 3.03. The van der Waals surface area contributed by atoms with Crippen LogP contribution < -0.4 is 11.2 Å². The molecule has 0 aromatic carbocycles. The first-order chi connectivity index (χ1) is 9.36. The summed E-state index contributed by atoms with van der Waals surface area (Å²) in [4.78, 5) is 25.4. The lowest BCUT2D eigenvalue weighted by atomic mass is 10.1. The number of methoxy groups -OCH3 is 1. The Morgan fingerprint density at radius 1 is 1.50 bits per heavy atom. The molecule has 2 rings (SSSR count). The van der Waals surface area contributed by atoms with Gasteiger partial charge in [0.25, 0.3) is 5.56 Å². The smallest absolute Gasteiger partial charge is 0.330 e. The van der Waals surface area contributed by atoms with Gasteiger partial charge in [0.2, 0.25) is 0 Å². The van der Waals surface area contributed by atoms with Crippen molar-refractivity contribution in [2.75, 3.05) is 7.11 Å². The van der Waals surface area contributed by atoms with Crippen LogP contribution in [0.15, 0.2) is 15.8 Å². The molecule has 1 aromatic rings. The fourth-order valence-electron chi connectivity index (χ4n) is 2.33. The number of rotatable bonds is 3. The molecule has 0 bridgehead atoms. The molecule has 0 saturated carbocycles. The Kier molecular flexibility index (Phi) is 4.09. The van der Waals surface area contributed by atoms with Crippen LogP contribution in [0, 0.1) is 6.92 Å². The zero-order valence-corrected chi connectivity index (χ0v) is 11.4. The van der Waals surface area contributed by atoms with Gasteiger partial charge in [0.1, 0.15) is 18.3 Å². The second-order valence-electron chi connectivity index (χ2n) is 4.90. The first-order valence-corrected chi connectivity index (χ1v) is 6.23. The van der Waals surface area contributed by atoms with Gasteiger partial charge in [-0.25, -0.2) is 4.79 Å². The monoisotopic (exact) mass is 286 g/mol. The molecule has 8 nitrogen and oxygen atoms in total. The highest BCUT2D eigenvalue weighted by Crippen LogP contribution is 2.31. The van der Waals surface area contributed by atoms with Crippen molar-refractivity contribution in [1.82, 2.24) is 9.55 Å². The summed E-state index contributed by atoms with van der Waals surface area (Å²) in [5.74, 6) is 0. The predicted octanol–water partition coefficient (Wildman–Crippen LogP) is -1.50. The van der Waals surface area contributed by atoms with E-state index in [0.717, 1.165) is 4.57 Å². The minimum atomic E-state index is -1.08. The van der Waals surface area contributed by atoms with Crippen molar-refractivity contribution in [3.8, 4) is 0 Å². The third-order valence-electron chi connectivity index (χ3n) is 3.42. The summed E-state index contributed by atoms with van der Waals surface area (Å²) < 4.78 is 11.8. The Balaban J connectivity index is 2.44. The zero-order chi connectivity index (χ0) is 15.0. The third-order valence-corrected chi connectivity index (χ3v) is 3.42. The maximum Gasteiger partial charge on any atom is 0.330 e. The standard InChI is InChI=1S/C12H18N2O6/c1-5-4-14(12(18)13-10(5)17)11-9(19-3)7(16)8(20-11)6(2)15/h4,6-9,11,15-16H,1-3H3,(H,13,17,18)/t6-,7?,8-,9+,11-/m1/s1. The average molecular weight is 286 g/mol. The number of aliphatic hydroxyl groups is 2. The van der Waals surface area contributed by atoms with Crippen LogP contribution in [0.4, 0.5) is 0 Å². The molecule has 3 N–H and O–H groups in total. The predicted molar refractivity (Wildman–Crippen MR) is 68.5 cm³/mol. The largest absolute Gasteiger partial charge is 0.391 e. The molecule has 1 aromatic heterocycles. The molecule has 8 heteroatoms. The molecule has 0 amide bonds. The lowest BCUT2D eigenvalue weighted by molar-refractivity contribution is -0.0827. The van der Waals surface area contributed by atoms with E-state index in [9.17, 15) is 19.8 Å². The van der Waals surface area contributed by atoms with E-state index in [-0.39, 0.29) is 0 Å². The second-order valence-corrected chi connectivity index (χ2v) is 4.90. The molecule has 1 saturated heterocycles. The normalized spacial score (nSPS) is 31.4. The van der Waals surface area contributed by atoms with E-state index in [1.54, 1.807) is 6.92 Å². The van der Waals surface area contributed by atoms with Crippen LogP contribution in [0.2, 0.25) is 0 Å². The Morgan fingerprint density at radius 2 is 2.15 bits per heavy atom. The summed E-state index contributed by atoms with van der Waals surface area (Å²) in [5.41, 5.74) is -0.810. The molecule has 1 unspecified atom stereocenters. The van der Waals surface area contributed by atoms with Crippen molar-refractivity contribution < 1.29 is 19.7 Å². The van der Waals surface area contributed by atoms with Crippen LogP contribution in [-0.4, -0.2) is 51.3 Å². The van der Waals surface area contributed by atoms with E-state index in [4.69, 9.17) is 9.47 Å². The molecule has 20 heavy (non-hydrogen) atoms. The Labute approximate surface area is 114 Å². The summed E-state index contributed by atoms with van der Waals surface area (Å²) in [7, 11) is 1.37. The van der Waals surface area contributed by atoms with Crippen molar-refractivity contribution in [3.05, 3.63) is 32.6 Å². The molecule has 0 aliphatic carbocycles. The van der Waals surface area contributed by atoms with Crippen molar-refractivity contribution in [2.24, 2.45) is 0 Å². The van der Waals surface area contributed by atoms with Gasteiger partial charge in [-0.05, 0) is 13.8 Å². The fraction of sp³-hybridized carbons (Fsp3) is 0.667. The topological polar surface area (TPSA) is 114 Å². The molecule has 1 aliphatic heterocycles. The number of nitrogens with one attached hydrogen (secondary N) is 1. The van der Waals surface area contributed by atoms with Gasteiger partial charge in [-0.3, -0.25) is 14.3 Å². The molecule has 2 heterocycles. The highest BCUT2D eigenvalue weighted by molar-refractivity contribution is 5.03. The van der Waals surface area contributed by atoms with Crippen molar-refractivity contribution >= 4 is 0 Å². The lowest BCUT2D eigenvalue weighted by Gasteiger charge is -2.20. The van der Waals surface area contributed by atoms with Crippen LogP contribution in [0.3, 0.4) is 0 Å². The fourth-order valence-corrected chi connectivity index (χ4v) is 2.33. The molecule has 0 radical (unpaired) electrons. The van der Waals surface area contributed by atoms with E-state index < -0.39 is 41.9 Å². The van der Waals surface area contributed by atoms with E-state index >= 15 is 0 Å². The molecular formula is C12H18N2O6. The number of ether oxygens (including phenoxy) is 2. The summed E-state index contributed by atoms with van der Waals surface area (Å²) in [6, 6.07) is 0. The van der Waals surface area contributed by atoms with Crippen LogP contribution in [0.5, 0.6) is 0 Å². The van der Waals surface area contributed by atoms with Crippen LogP contribution in [-0.2, 0) is 9.47 Å². The van der Waals surface area contributed by atoms with Crippen LogP contribution in [0.1, 0.15) is 18.7 Å². The van der Waals surface area contributed by atoms with E-state index in [1.165, 1.54) is 20.2 Å². The maximum absolute atomic E-state index is 11.9. The quantitative estimate of drug-likeness (QED) is 0.623. The summed E-state index contributed by atoms with van der Waals surface area (Å²) >= 11 is 0. The highest BCUT2D eigenvalue weighted by Gasteiger charge is 2.47. The maximum atomic E-state index is 11.9. The van der Waals surface area contributed by atoms with Crippen LogP contribution in [0.25, 0.3) is 0 Å². The van der Waals surface area contributed by atoms with E-state index in [0.29, 0.717) is 5.56 Å². The highest BCUT2D eigenvalue weighted by atomic mass is 16.6. The molecule has 0 spiro atoms. The van der Waals surface area contributed by atoms with Gasteiger partial charge >= 0.3 is 5.69 Å². The molecule has 1 aliphatic rings. The Hall–Kier alpha value is -1.48. The SMILES string of the molecule is CO[C@H]1C(O)[C@@H]([C@@H](C)O)O[C@H]1n1cc(C)c(=O)[nH]c1=O. The first-order valence-electron chi connectivity index (χ1n) is 6.23. The van der Waals surface area contributed by atoms with Gasteiger partial charge < -0.3 is 19.7 Å².